The summed E-state index contributed by atoms with van der Waals surface area (Å²) in [7, 11) is -3.52. The number of carbonyl (C=O) groups excluding carboxylic acids is 1. The number of carbonyl (C=O) groups is 2. The van der Waals surface area contributed by atoms with Crippen molar-refractivity contribution in [3.63, 3.8) is 0 Å². The number of nitrogens with zero attached hydrogens (tertiary/aromatic N) is 2. The zero-order valence-corrected chi connectivity index (χ0v) is 14.3. The Morgan fingerprint density at radius 3 is 2.52 bits per heavy atom. The highest BCUT2D eigenvalue weighted by atomic mass is 32.2. The van der Waals surface area contributed by atoms with Crippen LogP contribution >= 0.6 is 0 Å². The van der Waals surface area contributed by atoms with Crippen LogP contribution in [0.1, 0.15) is 26.4 Å². The highest BCUT2D eigenvalue weighted by molar-refractivity contribution is 7.92. The molecule has 2 aromatic rings. The molecule has 0 unspecified atom stereocenters. The Morgan fingerprint density at radius 2 is 1.84 bits per heavy atom. The second kappa shape index (κ2) is 6.25. The summed E-state index contributed by atoms with van der Waals surface area (Å²) in [4.78, 5) is 25.7. The van der Waals surface area contributed by atoms with Gasteiger partial charge in [-0.3, -0.25) is 9.52 Å². The van der Waals surface area contributed by atoms with Gasteiger partial charge in [-0.25, -0.2) is 13.2 Å². The third-order valence-corrected chi connectivity index (χ3v) is 4.59. The number of benzene rings is 1. The van der Waals surface area contributed by atoms with Crippen LogP contribution in [0.25, 0.3) is 0 Å². The standard InChI is InChI=1S/C16H17N3O5S/c1-25(23,24)17-13-5-3-2-4-11(13)15(20)19-9-8-18-7-6-12(16(21)22)14(18)10-19/h2-7,17H,8-10H2,1H3,(H,21,22). The number of amides is 1. The predicted octanol–water partition coefficient (Wildman–Crippen LogP) is 1.21. The quantitative estimate of drug-likeness (QED) is 0.849. The molecule has 1 aliphatic rings. The average molecular weight is 363 g/mol. The van der Waals surface area contributed by atoms with Crippen LogP contribution < -0.4 is 4.72 Å². The lowest BCUT2D eigenvalue weighted by Crippen LogP contribution is -2.38. The number of carboxylic acids is 1. The van der Waals surface area contributed by atoms with Crippen LogP contribution in [-0.2, 0) is 23.1 Å². The van der Waals surface area contributed by atoms with Crippen molar-refractivity contribution in [1.29, 1.82) is 0 Å². The number of fused-ring (bicyclic) bond motifs is 1. The van der Waals surface area contributed by atoms with Gasteiger partial charge in [0.05, 0.1) is 35.3 Å². The first kappa shape index (κ1) is 17.0. The molecule has 1 aromatic carbocycles. The molecule has 0 spiro atoms. The highest BCUT2D eigenvalue weighted by Gasteiger charge is 2.27. The topological polar surface area (TPSA) is 109 Å². The summed E-state index contributed by atoms with van der Waals surface area (Å²) in [6.45, 7) is 1.05. The van der Waals surface area contributed by atoms with E-state index >= 15 is 0 Å². The molecule has 2 heterocycles. The maximum Gasteiger partial charge on any atom is 0.337 e. The molecule has 0 bridgehead atoms. The van der Waals surface area contributed by atoms with Crippen molar-refractivity contribution >= 4 is 27.6 Å². The lowest BCUT2D eigenvalue weighted by molar-refractivity contribution is 0.0668. The minimum Gasteiger partial charge on any atom is -0.478 e. The molecule has 0 radical (unpaired) electrons. The molecular weight excluding hydrogens is 346 g/mol. The van der Waals surface area contributed by atoms with Gasteiger partial charge >= 0.3 is 5.97 Å². The van der Waals surface area contributed by atoms with E-state index in [0.29, 0.717) is 18.8 Å². The molecule has 1 amide bonds. The highest BCUT2D eigenvalue weighted by Crippen LogP contribution is 2.23. The molecule has 2 N–H and O–H groups in total. The van der Waals surface area contributed by atoms with Crippen molar-refractivity contribution in [2.24, 2.45) is 0 Å². The smallest absolute Gasteiger partial charge is 0.337 e. The molecular formula is C16H17N3O5S. The molecule has 1 aliphatic heterocycles. The van der Waals surface area contributed by atoms with Crippen molar-refractivity contribution < 1.29 is 23.1 Å². The Hall–Kier alpha value is -2.81. The van der Waals surface area contributed by atoms with Gasteiger partial charge in [0.1, 0.15) is 0 Å². The Balaban J connectivity index is 1.90. The third kappa shape index (κ3) is 3.50. The molecule has 0 fully saturated rings. The summed E-state index contributed by atoms with van der Waals surface area (Å²) in [6, 6.07) is 7.86. The monoisotopic (exact) mass is 363 g/mol. The minimum atomic E-state index is -3.52. The van der Waals surface area contributed by atoms with Crippen molar-refractivity contribution in [3.05, 3.63) is 53.3 Å². The first-order valence-electron chi connectivity index (χ1n) is 7.53. The summed E-state index contributed by atoms with van der Waals surface area (Å²) < 4.78 is 27.1. The molecule has 1 aromatic heterocycles. The van der Waals surface area contributed by atoms with E-state index in [9.17, 15) is 23.1 Å². The van der Waals surface area contributed by atoms with Crippen molar-refractivity contribution in [2.45, 2.75) is 13.1 Å². The lowest BCUT2D eigenvalue weighted by atomic mass is 10.1. The normalized spacial score (nSPS) is 14.0. The van der Waals surface area contributed by atoms with Gasteiger partial charge in [-0.1, -0.05) is 12.1 Å². The van der Waals surface area contributed by atoms with Gasteiger partial charge in [0.2, 0.25) is 10.0 Å². The zero-order valence-electron chi connectivity index (χ0n) is 13.5. The fourth-order valence-corrected chi connectivity index (χ4v) is 3.45. The number of hydrogen-bond donors (Lipinski definition) is 2. The van der Waals surface area contributed by atoms with Gasteiger partial charge in [0, 0.05) is 19.3 Å². The van der Waals surface area contributed by atoms with Crippen LogP contribution in [0.4, 0.5) is 5.69 Å². The first-order valence-corrected chi connectivity index (χ1v) is 9.43. The summed E-state index contributed by atoms with van der Waals surface area (Å²) in [5.41, 5.74) is 1.15. The molecule has 3 rings (SSSR count). The fraction of sp³-hybridized carbons (Fsp3) is 0.250. The van der Waals surface area contributed by atoms with E-state index in [1.165, 1.54) is 17.0 Å². The van der Waals surface area contributed by atoms with Crippen molar-refractivity contribution in [2.75, 3.05) is 17.5 Å². The molecule has 8 nitrogen and oxygen atoms in total. The van der Waals surface area contributed by atoms with Gasteiger partial charge in [-0.2, -0.15) is 0 Å². The third-order valence-electron chi connectivity index (χ3n) is 4.00. The number of aromatic nitrogens is 1. The summed E-state index contributed by atoms with van der Waals surface area (Å²) >= 11 is 0. The van der Waals surface area contributed by atoms with E-state index in [4.69, 9.17) is 0 Å². The summed E-state index contributed by atoms with van der Waals surface area (Å²) in [6.07, 6.45) is 2.71. The average Bonchev–Trinajstić information content (AvgIpc) is 2.96. The number of carboxylic acid groups (broad SMARTS) is 1. The fourth-order valence-electron chi connectivity index (χ4n) is 2.88. The minimum absolute atomic E-state index is 0.153. The van der Waals surface area contributed by atoms with Crippen molar-refractivity contribution in [1.82, 2.24) is 9.47 Å². The van der Waals surface area contributed by atoms with Gasteiger partial charge < -0.3 is 14.6 Å². The van der Waals surface area contributed by atoms with Crippen LogP contribution in [0.15, 0.2) is 36.5 Å². The van der Waals surface area contributed by atoms with E-state index in [-0.39, 0.29) is 29.3 Å². The van der Waals surface area contributed by atoms with E-state index in [0.717, 1.165) is 6.26 Å². The Bertz CT molecular complexity index is 948. The predicted molar refractivity (Wildman–Crippen MR) is 91.0 cm³/mol. The Morgan fingerprint density at radius 1 is 1.12 bits per heavy atom. The van der Waals surface area contributed by atoms with Gasteiger partial charge in [0.25, 0.3) is 5.91 Å². The molecule has 9 heteroatoms. The van der Waals surface area contributed by atoms with E-state index < -0.39 is 16.0 Å². The van der Waals surface area contributed by atoms with Crippen LogP contribution in [0.2, 0.25) is 0 Å². The molecule has 132 valence electrons. The van der Waals surface area contributed by atoms with Crippen LogP contribution in [0, 0.1) is 0 Å². The van der Waals surface area contributed by atoms with Gasteiger partial charge in [0.15, 0.2) is 0 Å². The number of anilines is 1. The SMILES string of the molecule is CS(=O)(=O)Nc1ccccc1C(=O)N1CCn2ccc(C(=O)O)c2C1. The molecule has 0 aliphatic carbocycles. The van der Waals surface area contributed by atoms with Gasteiger partial charge in [-0.15, -0.1) is 0 Å². The maximum atomic E-state index is 12.9. The molecule has 0 saturated carbocycles. The zero-order chi connectivity index (χ0) is 18.2. The number of sulfonamides is 1. The van der Waals surface area contributed by atoms with Crippen LogP contribution in [0.5, 0.6) is 0 Å². The van der Waals surface area contributed by atoms with E-state index in [1.54, 1.807) is 24.4 Å². The number of para-hydroxylation sites is 1. The molecule has 0 saturated heterocycles. The molecule has 25 heavy (non-hydrogen) atoms. The second-order valence-corrected chi connectivity index (χ2v) is 7.57. The Labute approximate surface area is 144 Å². The first-order chi connectivity index (χ1) is 11.8. The van der Waals surface area contributed by atoms with Gasteiger partial charge in [-0.05, 0) is 18.2 Å². The lowest BCUT2D eigenvalue weighted by Gasteiger charge is -2.29. The van der Waals surface area contributed by atoms with E-state index in [1.807, 2.05) is 4.57 Å². The molecule has 0 atom stereocenters. The number of hydrogen-bond acceptors (Lipinski definition) is 4. The number of rotatable bonds is 4. The largest absolute Gasteiger partial charge is 0.478 e. The van der Waals surface area contributed by atoms with Crippen molar-refractivity contribution in [3.8, 4) is 0 Å². The van der Waals surface area contributed by atoms with E-state index in [2.05, 4.69) is 4.72 Å². The van der Waals surface area contributed by atoms with Crippen LogP contribution in [-0.4, -0.2) is 47.7 Å². The summed E-state index contributed by atoms with van der Waals surface area (Å²) in [5.74, 6) is -1.39. The Kier molecular flexibility index (Phi) is 4.25. The summed E-state index contributed by atoms with van der Waals surface area (Å²) in [5, 5.41) is 9.25. The maximum absolute atomic E-state index is 12.9. The van der Waals surface area contributed by atoms with Crippen LogP contribution in [0.3, 0.4) is 0 Å². The second-order valence-electron chi connectivity index (χ2n) is 5.82. The number of aromatic carboxylic acids is 1. The number of nitrogens with one attached hydrogen (secondary N) is 1.